The minimum atomic E-state index is -1.28. The molecule has 1 unspecified atom stereocenters. The van der Waals surface area contributed by atoms with Crippen molar-refractivity contribution in [2.75, 3.05) is 11.4 Å². The zero-order valence-corrected chi connectivity index (χ0v) is 11.5. The first kappa shape index (κ1) is 15.2. The highest BCUT2D eigenvalue weighted by atomic mass is 19.1. The summed E-state index contributed by atoms with van der Waals surface area (Å²) in [6.45, 7) is 2.03. The van der Waals surface area contributed by atoms with Gasteiger partial charge in [0.1, 0.15) is 11.9 Å². The van der Waals surface area contributed by atoms with Gasteiger partial charge < -0.3 is 20.4 Å². The van der Waals surface area contributed by atoms with E-state index in [9.17, 15) is 19.1 Å². The van der Waals surface area contributed by atoms with Crippen LogP contribution in [0.2, 0.25) is 0 Å². The van der Waals surface area contributed by atoms with Crippen LogP contribution >= 0.6 is 0 Å². The zero-order valence-electron chi connectivity index (χ0n) is 11.5. The van der Waals surface area contributed by atoms with E-state index in [4.69, 9.17) is 5.11 Å². The third-order valence-corrected chi connectivity index (χ3v) is 3.54. The van der Waals surface area contributed by atoms with Crippen LogP contribution < -0.4 is 10.2 Å². The average molecular weight is 296 g/mol. The molecule has 0 aromatic heterocycles. The summed E-state index contributed by atoms with van der Waals surface area (Å²) in [5.74, 6) is -1.08. The number of anilines is 1. The van der Waals surface area contributed by atoms with Gasteiger partial charge in [-0.15, -0.1) is 0 Å². The van der Waals surface area contributed by atoms with Crippen molar-refractivity contribution in [3.05, 3.63) is 29.6 Å². The van der Waals surface area contributed by atoms with Gasteiger partial charge in [0.25, 0.3) is 0 Å². The smallest absolute Gasteiger partial charge is 0.405 e. The van der Waals surface area contributed by atoms with E-state index in [1.165, 1.54) is 17.0 Å². The van der Waals surface area contributed by atoms with Crippen molar-refractivity contribution in [3.8, 4) is 0 Å². The molecule has 1 aromatic rings. The van der Waals surface area contributed by atoms with E-state index in [-0.39, 0.29) is 12.2 Å². The summed E-state index contributed by atoms with van der Waals surface area (Å²) >= 11 is 0. The van der Waals surface area contributed by atoms with Crippen LogP contribution in [0.1, 0.15) is 31.4 Å². The third-order valence-electron chi connectivity index (χ3n) is 3.54. The topological polar surface area (TPSA) is 89.9 Å². The number of nitrogens with zero attached hydrogens (tertiary/aromatic N) is 1. The predicted octanol–water partition coefficient (Wildman–Crippen LogP) is 1.64. The minimum Gasteiger partial charge on any atom is -0.465 e. The fourth-order valence-corrected chi connectivity index (χ4v) is 2.39. The molecular weight excluding hydrogens is 279 g/mol. The fourth-order valence-electron chi connectivity index (χ4n) is 2.39. The number of hydrogen-bond donors (Lipinski definition) is 3. The molecule has 1 aliphatic heterocycles. The molecule has 0 radical (unpaired) electrons. The van der Waals surface area contributed by atoms with E-state index in [0.717, 1.165) is 0 Å². The van der Waals surface area contributed by atoms with Gasteiger partial charge in [-0.1, -0.05) is 13.0 Å². The molecule has 0 spiro atoms. The lowest BCUT2D eigenvalue weighted by Crippen LogP contribution is -2.41. The highest BCUT2D eigenvalue weighted by Crippen LogP contribution is 2.28. The van der Waals surface area contributed by atoms with E-state index in [2.05, 4.69) is 5.32 Å². The molecule has 0 bridgehead atoms. The monoisotopic (exact) mass is 296 g/mol. The number of benzene rings is 1. The first-order valence-electron chi connectivity index (χ1n) is 6.72. The van der Waals surface area contributed by atoms with Crippen LogP contribution in [0.25, 0.3) is 0 Å². The lowest BCUT2D eigenvalue weighted by Gasteiger charge is -2.19. The van der Waals surface area contributed by atoms with Crippen molar-refractivity contribution in [2.45, 2.75) is 31.9 Å². The summed E-state index contributed by atoms with van der Waals surface area (Å²) in [4.78, 5) is 23.9. The number of amides is 2. The highest BCUT2D eigenvalue weighted by Gasteiger charge is 2.34. The molecule has 2 atom stereocenters. The van der Waals surface area contributed by atoms with Crippen LogP contribution in [0.4, 0.5) is 14.9 Å². The molecule has 21 heavy (non-hydrogen) atoms. The van der Waals surface area contributed by atoms with Crippen LogP contribution in [-0.2, 0) is 4.79 Å². The van der Waals surface area contributed by atoms with Crippen molar-refractivity contribution in [3.63, 3.8) is 0 Å². The molecule has 2 rings (SSSR count). The SMILES string of the molecule is CCC(O)c1ccc(N2CC[C@H](NC(=O)O)C2=O)c(F)c1. The molecule has 1 saturated heterocycles. The third kappa shape index (κ3) is 3.13. The predicted molar refractivity (Wildman–Crippen MR) is 73.6 cm³/mol. The first-order chi connectivity index (χ1) is 9.93. The highest BCUT2D eigenvalue weighted by molar-refractivity contribution is 6.00. The number of carbonyl (C=O) groups excluding carboxylic acids is 1. The van der Waals surface area contributed by atoms with Gasteiger partial charge in [0.05, 0.1) is 11.8 Å². The van der Waals surface area contributed by atoms with E-state index in [1.54, 1.807) is 13.0 Å². The number of halogens is 1. The second-order valence-corrected chi connectivity index (χ2v) is 4.92. The zero-order chi connectivity index (χ0) is 15.6. The Labute approximate surface area is 121 Å². The Kier molecular flexibility index (Phi) is 4.42. The summed E-state index contributed by atoms with van der Waals surface area (Å²) < 4.78 is 14.1. The maximum atomic E-state index is 14.1. The van der Waals surface area contributed by atoms with Crippen molar-refractivity contribution in [2.24, 2.45) is 0 Å². The van der Waals surface area contributed by atoms with Crippen molar-refractivity contribution in [1.29, 1.82) is 0 Å². The summed E-state index contributed by atoms with van der Waals surface area (Å²) in [7, 11) is 0. The summed E-state index contributed by atoms with van der Waals surface area (Å²) in [6, 6.07) is 3.36. The van der Waals surface area contributed by atoms with Gasteiger partial charge in [0.15, 0.2) is 0 Å². The van der Waals surface area contributed by atoms with Crippen LogP contribution in [0.15, 0.2) is 18.2 Å². The maximum Gasteiger partial charge on any atom is 0.405 e. The molecule has 114 valence electrons. The molecule has 3 N–H and O–H groups in total. The number of carboxylic acid groups (broad SMARTS) is 1. The van der Waals surface area contributed by atoms with Gasteiger partial charge >= 0.3 is 6.09 Å². The number of nitrogens with one attached hydrogen (secondary N) is 1. The van der Waals surface area contributed by atoms with Gasteiger partial charge in [-0.25, -0.2) is 9.18 Å². The van der Waals surface area contributed by atoms with Crippen molar-refractivity contribution in [1.82, 2.24) is 5.32 Å². The number of rotatable bonds is 4. The lowest BCUT2D eigenvalue weighted by molar-refractivity contribution is -0.118. The molecule has 0 aliphatic carbocycles. The average Bonchev–Trinajstić information content (AvgIpc) is 2.78. The first-order valence-corrected chi connectivity index (χ1v) is 6.72. The molecule has 6 nitrogen and oxygen atoms in total. The summed E-state index contributed by atoms with van der Waals surface area (Å²) in [5, 5.41) is 20.4. The molecule has 7 heteroatoms. The minimum absolute atomic E-state index is 0.0988. The van der Waals surface area contributed by atoms with Gasteiger partial charge in [-0.05, 0) is 30.5 Å². The fraction of sp³-hybridized carbons (Fsp3) is 0.429. The Morgan fingerprint density at radius 3 is 2.86 bits per heavy atom. The lowest BCUT2D eigenvalue weighted by atomic mass is 10.1. The van der Waals surface area contributed by atoms with Crippen LogP contribution in [-0.4, -0.2) is 34.8 Å². The number of aliphatic hydroxyl groups excluding tert-OH is 1. The Balaban J connectivity index is 2.19. The Bertz CT molecular complexity index is 564. The molecule has 2 amide bonds. The summed E-state index contributed by atoms with van der Waals surface area (Å²) in [5.41, 5.74) is 0.548. The number of hydrogen-bond acceptors (Lipinski definition) is 3. The van der Waals surface area contributed by atoms with E-state index in [0.29, 0.717) is 18.4 Å². The van der Waals surface area contributed by atoms with Gasteiger partial charge in [0, 0.05) is 6.54 Å². The molecule has 0 saturated carbocycles. The van der Waals surface area contributed by atoms with Crippen LogP contribution in [0.5, 0.6) is 0 Å². The van der Waals surface area contributed by atoms with Crippen LogP contribution in [0.3, 0.4) is 0 Å². The molecule has 1 aliphatic rings. The van der Waals surface area contributed by atoms with Gasteiger partial charge in [0.2, 0.25) is 5.91 Å². The normalized spacial score (nSPS) is 19.7. The Hall–Kier alpha value is -2.15. The maximum absolute atomic E-state index is 14.1. The molecular formula is C14H17FN2O4. The van der Waals surface area contributed by atoms with Gasteiger partial charge in [-0.3, -0.25) is 4.79 Å². The van der Waals surface area contributed by atoms with E-state index in [1.807, 2.05) is 0 Å². The Morgan fingerprint density at radius 2 is 2.29 bits per heavy atom. The largest absolute Gasteiger partial charge is 0.465 e. The van der Waals surface area contributed by atoms with Gasteiger partial charge in [-0.2, -0.15) is 0 Å². The number of aliphatic hydroxyl groups is 1. The second kappa shape index (κ2) is 6.09. The quantitative estimate of drug-likeness (QED) is 0.788. The Morgan fingerprint density at radius 1 is 1.57 bits per heavy atom. The molecule has 1 heterocycles. The van der Waals surface area contributed by atoms with Crippen molar-refractivity contribution >= 4 is 17.7 Å². The molecule has 1 fully saturated rings. The standard InChI is InChI=1S/C14H17FN2O4/c1-2-12(18)8-3-4-11(9(15)7-8)17-6-5-10(13(17)19)16-14(20)21/h3-4,7,10,12,16,18H,2,5-6H2,1H3,(H,20,21)/t10-,12?/m0/s1. The van der Waals surface area contributed by atoms with E-state index < -0.39 is 30.0 Å². The van der Waals surface area contributed by atoms with E-state index >= 15 is 0 Å². The number of carbonyl (C=O) groups is 2. The van der Waals surface area contributed by atoms with Crippen LogP contribution in [0, 0.1) is 5.82 Å². The molecule has 1 aromatic carbocycles. The second-order valence-electron chi connectivity index (χ2n) is 4.92. The van der Waals surface area contributed by atoms with Crippen molar-refractivity contribution < 1.29 is 24.2 Å². The summed E-state index contributed by atoms with van der Waals surface area (Å²) in [6.07, 6.45) is -1.27.